The molecule has 110 valence electrons. The van der Waals surface area contributed by atoms with E-state index in [1.165, 1.54) is 0 Å². The molecular weight excluding hydrogens is 298 g/mol. The first-order valence-corrected chi connectivity index (χ1v) is 7.69. The van der Waals surface area contributed by atoms with Crippen molar-refractivity contribution >= 4 is 35.2 Å². The molecule has 1 aromatic carbocycles. The van der Waals surface area contributed by atoms with Crippen molar-refractivity contribution in [2.45, 2.75) is 25.6 Å². The zero-order chi connectivity index (χ0) is 15.1. The van der Waals surface area contributed by atoms with Gasteiger partial charge in [-0.3, -0.25) is 9.59 Å². The number of thioether (sulfide) groups is 1. The summed E-state index contributed by atoms with van der Waals surface area (Å²) in [5.74, 6) is -0.973. The number of rotatable bonds is 7. The number of carbonyl (C=O) groups excluding carboxylic acids is 1. The molecule has 0 aliphatic heterocycles. The molecule has 1 rings (SSSR count). The molecule has 0 aliphatic rings. The van der Waals surface area contributed by atoms with Gasteiger partial charge in [-0.2, -0.15) is 0 Å². The van der Waals surface area contributed by atoms with Crippen molar-refractivity contribution in [3.8, 4) is 0 Å². The van der Waals surface area contributed by atoms with Crippen LogP contribution in [0.15, 0.2) is 24.3 Å². The molecule has 0 spiro atoms. The maximum atomic E-state index is 11.7. The van der Waals surface area contributed by atoms with E-state index < -0.39 is 11.2 Å². The Bertz CT molecular complexity index is 479. The second kappa shape index (κ2) is 8.17. The molecule has 0 fully saturated rings. The number of hydrogen-bond donors (Lipinski definition) is 2. The van der Waals surface area contributed by atoms with Crippen molar-refractivity contribution < 1.29 is 14.7 Å². The summed E-state index contributed by atoms with van der Waals surface area (Å²) in [5.41, 5.74) is 0.839. The Balaban J connectivity index is 2.41. The van der Waals surface area contributed by atoms with E-state index in [0.29, 0.717) is 11.6 Å². The van der Waals surface area contributed by atoms with E-state index >= 15 is 0 Å². The number of carboxylic acids is 1. The molecule has 1 unspecified atom stereocenters. The summed E-state index contributed by atoms with van der Waals surface area (Å²) in [6.07, 6.45) is 0. The monoisotopic (exact) mass is 315 g/mol. The van der Waals surface area contributed by atoms with Crippen LogP contribution in [-0.2, 0) is 16.1 Å². The van der Waals surface area contributed by atoms with E-state index in [2.05, 4.69) is 5.32 Å². The third-order valence-corrected chi connectivity index (χ3v) is 4.58. The normalized spacial score (nSPS) is 12.2. The van der Waals surface area contributed by atoms with Gasteiger partial charge in [-0.1, -0.05) is 43.6 Å². The summed E-state index contributed by atoms with van der Waals surface area (Å²) in [6, 6.07) is 7.27. The first kappa shape index (κ1) is 16.9. The summed E-state index contributed by atoms with van der Waals surface area (Å²) in [6.45, 7) is 4.00. The Hall–Kier alpha value is -1.20. The predicted octanol–water partition coefficient (Wildman–Crippen LogP) is 2.80. The Morgan fingerprint density at radius 1 is 1.35 bits per heavy atom. The molecule has 0 saturated heterocycles. The maximum Gasteiger partial charge on any atom is 0.316 e. The van der Waals surface area contributed by atoms with Gasteiger partial charge >= 0.3 is 5.97 Å². The van der Waals surface area contributed by atoms with E-state index in [9.17, 15) is 9.59 Å². The average Bonchev–Trinajstić information content (AvgIpc) is 2.37. The number of aliphatic carboxylic acids is 1. The molecule has 20 heavy (non-hydrogen) atoms. The van der Waals surface area contributed by atoms with Gasteiger partial charge in [-0.15, -0.1) is 11.8 Å². The van der Waals surface area contributed by atoms with Gasteiger partial charge in [-0.05, 0) is 17.5 Å². The van der Waals surface area contributed by atoms with Gasteiger partial charge in [0.15, 0.2) is 0 Å². The molecule has 6 heteroatoms. The van der Waals surface area contributed by atoms with Crippen molar-refractivity contribution in [1.29, 1.82) is 0 Å². The minimum absolute atomic E-state index is 0.0196. The molecule has 0 saturated carbocycles. The fourth-order valence-electron chi connectivity index (χ4n) is 1.60. The molecule has 1 aromatic rings. The minimum Gasteiger partial charge on any atom is -0.480 e. The van der Waals surface area contributed by atoms with E-state index in [1.807, 2.05) is 32.0 Å². The number of benzene rings is 1. The highest BCUT2D eigenvalue weighted by molar-refractivity contribution is 8.01. The predicted molar refractivity (Wildman–Crippen MR) is 82.0 cm³/mol. The maximum absolute atomic E-state index is 11.7. The second-order valence-electron chi connectivity index (χ2n) is 4.68. The van der Waals surface area contributed by atoms with Crippen LogP contribution >= 0.6 is 23.4 Å². The van der Waals surface area contributed by atoms with Crippen molar-refractivity contribution in [3.05, 3.63) is 34.9 Å². The van der Waals surface area contributed by atoms with Crippen molar-refractivity contribution in [1.82, 2.24) is 5.32 Å². The third-order valence-electron chi connectivity index (χ3n) is 2.68. The highest BCUT2D eigenvalue weighted by Crippen LogP contribution is 2.19. The van der Waals surface area contributed by atoms with Crippen LogP contribution in [0.4, 0.5) is 0 Å². The van der Waals surface area contributed by atoms with Crippen LogP contribution in [-0.4, -0.2) is 28.0 Å². The van der Waals surface area contributed by atoms with Crippen LogP contribution in [0.1, 0.15) is 19.4 Å². The van der Waals surface area contributed by atoms with E-state index in [4.69, 9.17) is 16.7 Å². The smallest absolute Gasteiger partial charge is 0.316 e. The summed E-state index contributed by atoms with van der Waals surface area (Å²) in [7, 11) is 0. The quantitative estimate of drug-likeness (QED) is 0.812. The second-order valence-corrected chi connectivity index (χ2v) is 6.22. The Kier molecular flexibility index (Phi) is 6.88. The zero-order valence-electron chi connectivity index (χ0n) is 11.4. The fourth-order valence-corrected chi connectivity index (χ4v) is 2.76. The number of carboxylic acid groups (broad SMARTS) is 1. The number of amides is 1. The fraction of sp³-hybridized carbons (Fsp3) is 0.429. The van der Waals surface area contributed by atoms with Crippen molar-refractivity contribution in [2.24, 2.45) is 5.92 Å². The van der Waals surface area contributed by atoms with Gasteiger partial charge < -0.3 is 10.4 Å². The minimum atomic E-state index is -0.885. The van der Waals surface area contributed by atoms with E-state index in [0.717, 1.165) is 17.3 Å². The van der Waals surface area contributed by atoms with Gasteiger partial charge in [0.2, 0.25) is 5.91 Å². The van der Waals surface area contributed by atoms with Crippen molar-refractivity contribution in [2.75, 3.05) is 5.75 Å². The summed E-state index contributed by atoms with van der Waals surface area (Å²) in [5, 5.41) is 11.8. The average molecular weight is 316 g/mol. The molecule has 0 radical (unpaired) electrons. The molecule has 1 atom stereocenters. The van der Waals surface area contributed by atoms with Crippen LogP contribution in [0.3, 0.4) is 0 Å². The summed E-state index contributed by atoms with van der Waals surface area (Å²) >= 11 is 7.12. The van der Waals surface area contributed by atoms with Crippen LogP contribution in [0.5, 0.6) is 0 Å². The Morgan fingerprint density at radius 3 is 2.55 bits per heavy atom. The Morgan fingerprint density at radius 2 is 2.00 bits per heavy atom. The van der Waals surface area contributed by atoms with E-state index in [-0.39, 0.29) is 17.6 Å². The van der Waals surface area contributed by atoms with Crippen molar-refractivity contribution in [3.63, 3.8) is 0 Å². The lowest BCUT2D eigenvalue weighted by Gasteiger charge is -2.15. The first-order chi connectivity index (χ1) is 9.41. The molecule has 4 nitrogen and oxygen atoms in total. The Labute approximate surface area is 127 Å². The summed E-state index contributed by atoms with van der Waals surface area (Å²) in [4.78, 5) is 22.7. The van der Waals surface area contributed by atoms with Gasteiger partial charge in [-0.25, -0.2) is 0 Å². The van der Waals surface area contributed by atoms with Gasteiger partial charge in [0.25, 0.3) is 0 Å². The third kappa shape index (κ3) is 5.43. The number of hydrogen-bond acceptors (Lipinski definition) is 3. The SMILES string of the molecule is CC(C)C(SCC(=O)NCc1ccccc1Cl)C(=O)O. The topological polar surface area (TPSA) is 66.4 Å². The lowest BCUT2D eigenvalue weighted by Crippen LogP contribution is -2.29. The molecule has 2 N–H and O–H groups in total. The van der Waals surface area contributed by atoms with Gasteiger partial charge in [0, 0.05) is 11.6 Å². The molecule has 0 aromatic heterocycles. The lowest BCUT2D eigenvalue weighted by atomic mass is 10.1. The zero-order valence-corrected chi connectivity index (χ0v) is 13.0. The molecule has 0 bridgehead atoms. The molecule has 0 heterocycles. The largest absolute Gasteiger partial charge is 0.480 e. The number of halogens is 1. The van der Waals surface area contributed by atoms with Crippen LogP contribution < -0.4 is 5.32 Å². The summed E-state index contributed by atoms with van der Waals surface area (Å²) < 4.78 is 0. The molecular formula is C14H18ClNO3S. The number of carbonyl (C=O) groups is 2. The molecule has 0 aliphatic carbocycles. The van der Waals surface area contributed by atoms with Gasteiger partial charge in [0.1, 0.15) is 5.25 Å². The van der Waals surface area contributed by atoms with Gasteiger partial charge in [0.05, 0.1) is 5.75 Å². The van der Waals surface area contributed by atoms with Crippen LogP contribution in [0, 0.1) is 5.92 Å². The highest BCUT2D eigenvalue weighted by Gasteiger charge is 2.22. The van der Waals surface area contributed by atoms with E-state index in [1.54, 1.807) is 6.07 Å². The lowest BCUT2D eigenvalue weighted by molar-refractivity contribution is -0.137. The first-order valence-electron chi connectivity index (χ1n) is 6.26. The number of nitrogens with one attached hydrogen (secondary N) is 1. The molecule has 1 amide bonds. The van der Waals surface area contributed by atoms with Crippen LogP contribution in [0.25, 0.3) is 0 Å². The highest BCUT2D eigenvalue weighted by atomic mass is 35.5. The van der Waals surface area contributed by atoms with Crippen LogP contribution in [0.2, 0.25) is 5.02 Å². The standard InChI is InChI=1S/C14H18ClNO3S/c1-9(2)13(14(18)19)20-8-12(17)16-7-10-5-3-4-6-11(10)15/h3-6,9,13H,7-8H2,1-2H3,(H,16,17)(H,18,19).